The third-order valence-corrected chi connectivity index (χ3v) is 3.43. The number of aromatic nitrogens is 3. The molecule has 0 amide bonds. The van der Waals surface area contributed by atoms with E-state index in [-0.39, 0.29) is 6.04 Å². The van der Waals surface area contributed by atoms with Gasteiger partial charge in [0.05, 0.1) is 6.04 Å². The fourth-order valence-corrected chi connectivity index (χ4v) is 2.38. The highest BCUT2D eigenvalue weighted by atomic mass is 15.3. The lowest BCUT2D eigenvalue weighted by atomic mass is 10.1. The summed E-state index contributed by atoms with van der Waals surface area (Å²) in [6, 6.07) is 10.8. The van der Waals surface area contributed by atoms with Crippen molar-refractivity contribution in [3.05, 3.63) is 47.5 Å². The van der Waals surface area contributed by atoms with Crippen molar-refractivity contribution >= 4 is 0 Å². The Kier molecular flexibility index (Phi) is 2.88. The van der Waals surface area contributed by atoms with Gasteiger partial charge in [-0.3, -0.25) is 0 Å². The van der Waals surface area contributed by atoms with Gasteiger partial charge < -0.3 is 10.3 Å². The SMILES string of the molecule is Cc1nnc([C@@H](N)Cc2ccccc2)n1C1CC1. The van der Waals surface area contributed by atoms with Crippen LogP contribution in [0.5, 0.6) is 0 Å². The number of hydrogen-bond donors (Lipinski definition) is 1. The normalized spacial score (nSPS) is 16.8. The van der Waals surface area contributed by atoms with Crippen molar-refractivity contribution in [2.75, 3.05) is 0 Å². The Bertz CT molecular complexity index is 528. The second-order valence-electron chi connectivity index (χ2n) is 5.00. The van der Waals surface area contributed by atoms with E-state index in [1.807, 2.05) is 25.1 Å². The first-order valence-electron chi connectivity index (χ1n) is 6.46. The van der Waals surface area contributed by atoms with Gasteiger partial charge in [0.15, 0.2) is 5.82 Å². The lowest BCUT2D eigenvalue weighted by Crippen LogP contribution is -2.19. The van der Waals surface area contributed by atoms with Gasteiger partial charge in [-0.2, -0.15) is 0 Å². The molecule has 18 heavy (non-hydrogen) atoms. The molecular weight excluding hydrogens is 224 g/mol. The van der Waals surface area contributed by atoms with Gasteiger partial charge in [0.1, 0.15) is 5.82 Å². The zero-order valence-corrected chi connectivity index (χ0v) is 10.6. The van der Waals surface area contributed by atoms with E-state index >= 15 is 0 Å². The number of nitrogens with zero attached hydrogens (tertiary/aromatic N) is 3. The molecule has 1 aromatic carbocycles. The lowest BCUT2D eigenvalue weighted by molar-refractivity contribution is 0.583. The molecule has 0 saturated heterocycles. The number of rotatable bonds is 4. The molecule has 94 valence electrons. The predicted molar refractivity (Wildman–Crippen MR) is 70.1 cm³/mol. The van der Waals surface area contributed by atoms with E-state index in [0.29, 0.717) is 6.04 Å². The van der Waals surface area contributed by atoms with E-state index in [2.05, 4.69) is 26.9 Å². The standard InChI is InChI=1S/C14H18N4/c1-10-16-17-14(18(10)12-7-8-12)13(15)9-11-5-3-2-4-6-11/h2-6,12-13H,7-9,15H2,1H3/t13-/m0/s1. The Morgan fingerprint density at radius 1 is 1.28 bits per heavy atom. The van der Waals surface area contributed by atoms with Crippen LogP contribution >= 0.6 is 0 Å². The molecule has 0 aliphatic heterocycles. The highest BCUT2D eigenvalue weighted by Gasteiger charge is 2.29. The maximum absolute atomic E-state index is 6.28. The van der Waals surface area contributed by atoms with Gasteiger partial charge in [0, 0.05) is 6.04 Å². The predicted octanol–water partition coefficient (Wildman–Crippen LogP) is 2.16. The van der Waals surface area contributed by atoms with Crippen molar-refractivity contribution in [2.24, 2.45) is 5.73 Å². The van der Waals surface area contributed by atoms with Crippen LogP contribution in [0.1, 0.15) is 42.1 Å². The largest absolute Gasteiger partial charge is 0.321 e. The molecule has 2 N–H and O–H groups in total. The summed E-state index contributed by atoms with van der Waals surface area (Å²) in [4.78, 5) is 0. The van der Waals surface area contributed by atoms with Crippen LogP contribution in [0.4, 0.5) is 0 Å². The molecule has 4 heteroatoms. The number of nitrogens with two attached hydrogens (primary N) is 1. The van der Waals surface area contributed by atoms with Gasteiger partial charge in [-0.25, -0.2) is 0 Å². The van der Waals surface area contributed by atoms with E-state index < -0.39 is 0 Å². The fourth-order valence-electron chi connectivity index (χ4n) is 2.38. The van der Waals surface area contributed by atoms with Gasteiger partial charge in [-0.15, -0.1) is 10.2 Å². The Labute approximate surface area is 107 Å². The van der Waals surface area contributed by atoms with Crippen LogP contribution in [-0.2, 0) is 6.42 Å². The second-order valence-corrected chi connectivity index (χ2v) is 5.00. The topological polar surface area (TPSA) is 56.7 Å². The van der Waals surface area contributed by atoms with Gasteiger partial charge >= 0.3 is 0 Å². The molecule has 1 fully saturated rings. The van der Waals surface area contributed by atoms with Crippen LogP contribution < -0.4 is 5.73 Å². The quantitative estimate of drug-likeness (QED) is 0.893. The zero-order chi connectivity index (χ0) is 12.5. The number of benzene rings is 1. The number of aryl methyl sites for hydroxylation is 1. The summed E-state index contributed by atoms with van der Waals surface area (Å²) in [7, 11) is 0. The molecule has 1 aliphatic carbocycles. The Hall–Kier alpha value is -1.68. The summed E-state index contributed by atoms with van der Waals surface area (Å²) >= 11 is 0. The first kappa shape index (κ1) is 11.4. The molecule has 1 saturated carbocycles. The van der Waals surface area contributed by atoms with Crippen LogP contribution in [0, 0.1) is 6.92 Å². The molecule has 1 aliphatic rings. The minimum absolute atomic E-state index is 0.0748. The molecule has 0 unspecified atom stereocenters. The first-order chi connectivity index (χ1) is 8.75. The fraction of sp³-hybridized carbons (Fsp3) is 0.429. The maximum atomic E-state index is 6.28. The van der Waals surface area contributed by atoms with E-state index in [9.17, 15) is 0 Å². The molecule has 1 aromatic heterocycles. The lowest BCUT2D eigenvalue weighted by Gasteiger charge is -2.13. The number of hydrogen-bond acceptors (Lipinski definition) is 3. The summed E-state index contributed by atoms with van der Waals surface area (Å²) in [5.74, 6) is 1.91. The van der Waals surface area contributed by atoms with Crippen molar-refractivity contribution in [1.82, 2.24) is 14.8 Å². The molecule has 1 atom stereocenters. The Balaban J connectivity index is 1.82. The second kappa shape index (κ2) is 4.53. The van der Waals surface area contributed by atoms with Crippen LogP contribution in [0.3, 0.4) is 0 Å². The van der Waals surface area contributed by atoms with E-state index in [4.69, 9.17) is 5.73 Å². The summed E-state index contributed by atoms with van der Waals surface area (Å²) < 4.78 is 2.22. The van der Waals surface area contributed by atoms with Crippen molar-refractivity contribution in [1.29, 1.82) is 0 Å². The maximum Gasteiger partial charge on any atom is 0.150 e. The smallest absolute Gasteiger partial charge is 0.150 e. The van der Waals surface area contributed by atoms with Crippen LogP contribution in [0.2, 0.25) is 0 Å². The van der Waals surface area contributed by atoms with Crippen LogP contribution in [-0.4, -0.2) is 14.8 Å². The summed E-state index contributed by atoms with van der Waals surface area (Å²) in [5.41, 5.74) is 7.53. The van der Waals surface area contributed by atoms with Gasteiger partial charge in [-0.05, 0) is 31.7 Å². The average molecular weight is 242 g/mol. The first-order valence-corrected chi connectivity index (χ1v) is 6.46. The van der Waals surface area contributed by atoms with Crippen LogP contribution in [0.25, 0.3) is 0 Å². The highest BCUT2D eigenvalue weighted by molar-refractivity contribution is 5.18. The average Bonchev–Trinajstić information content (AvgIpc) is 3.13. The van der Waals surface area contributed by atoms with Crippen LogP contribution in [0.15, 0.2) is 30.3 Å². The van der Waals surface area contributed by atoms with Gasteiger partial charge in [-0.1, -0.05) is 30.3 Å². The molecule has 4 nitrogen and oxygen atoms in total. The molecule has 2 aromatic rings. The van der Waals surface area contributed by atoms with Crippen molar-refractivity contribution in [2.45, 2.75) is 38.3 Å². The summed E-state index contributed by atoms with van der Waals surface area (Å²) in [6.45, 7) is 2.00. The highest BCUT2D eigenvalue weighted by Crippen LogP contribution is 2.37. The molecule has 0 bridgehead atoms. The molecule has 1 heterocycles. The Morgan fingerprint density at radius 2 is 2.00 bits per heavy atom. The van der Waals surface area contributed by atoms with E-state index in [0.717, 1.165) is 18.1 Å². The minimum atomic E-state index is -0.0748. The Morgan fingerprint density at radius 3 is 2.67 bits per heavy atom. The van der Waals surface area contributed by atoms with E-state index in [1.54, 1.807) is 0 Å². The molecular formula is C14H18N4. The minimum Gasteiger partial charge on any atom is -0.321 e. The van der Waals surface area contributed by atoms with Gasteiger partial charge in [0.2, 0.25) is 0 Å². The van der Waals surface area contributed by atoms with Crippen molar-refractivity contribution in [3.63, 3.8) is 0 Å². The monoisotopic (exact) mass is 242 g/mol. The molecule has 0 radical (unpaired) electrons. The van der Waals surface area contributed by atoms with Crippen molar-refractivity contribution in [3.8, 4) is 0 Å². The third kappa shape index (κ3) is 2.16. The summed E-state index contributed by atoms with van der Waals surface area (Å²) in [5, 5.41) is 8.43. The molecule has 0 spiro atoms. The zero-order valence-electron chi connectivity index (χ0n) is 10.6. The van der Waals surface area contributed by atoms with E-state index in [1.165, 1.54) is 18.4 Å². The van der Waals surface area contributed by atoms with Crippen molar-refractivity contribution < 1.29 is 0 Å². The third-order valence-electron chi connectivity index (χ3n) is 3.43. The summed E-state index contributed by atoms with van der Waals surface area (Å²) in [6.07, 6.45) is 3.26. The van der Waals surface area contributed by atoms with Gasteiger partial charge in [0.25, 0.3) is 0 Å². The molecule has 3 rings (SSSR count).